The number of aromatic nitrogens is 3. The molecule has 3 heterocycles. The van der Waals surface area contributed by atoms with Gasteiger partial charge in [0.2, 0.25) is 5.91 Å². The minimum atomic E-state index is -0.0114. The summed E-state index contributed by atoms with van der Waals surface area (Å²) in [5.74, 6) is 1.78. The molecular formula is C15H20N4O2S. The number of anilines is 1. The van der Waals surface area contributed by atoms with E-state index in [9.17, 15) is 4.79 Å². The topological polar surface area (TPSA) is 64.2 Å². The van der Waals surface area contributed by atoms with E-state index in [-0.39, 0.29) is 11.2 Å². The maximum absolute atomic E-state index is 12.7. The lowest BCUT2D eigenvalue weighted by atomic mass is 10.1. The molecule has 0 spiro atoms. The molecule has 0 unspecified atom stereocenters. The van der Waals surface area contributed by atoms with E-state index in [1.807, 2.05) is 32.0 Å². The van der Waals surface area contributed by atoms with Crippen LogP contribution in [-0.2, 0) is 17.6 Å². The number of piperidine rings is 1. The molecule has 1 atom stereocenters. The van der Waals surface area contributed by atoms with Gasteiger partial charge in [-0.1, -0.05) is 5.16 Å². The Morgan fingerprint density at radius 1 is 1.45 bits per heavy atom. The minimum Gasteiger partial charge on any atom is -0.361 e. The Labute approximate surface area is 133 Å². The first-order valence-corrected chi connectivity index (χ1v) is 8.44. The van der Waals surface area contributed by atoms with E-state index in [4.69, 9.17) is 4.52 Å². The number of rotatable bonds is 4. The number of aryl methyl sites for hydroxylation is 3. The molecule has 1 amide bonds. The summed E-state index contributed by atoms with van der Waals surface area (Å²) in [5, 5.41) is 8.11. The zero-order valence-corrected chi connectivity index (χ0v) is 13.9. The lowest BCUT2D eigenvalue weighted by Gasteiger charge is -2.31. The number of carbonyl (C=O) groups excluding carboxylic acids is 1. The van der Waals surface area contributed by atoms with Gasteiger partial charge in [0.15, 0.2) is 0 Å². The molecule has 0 bridgehead atoms. The predicted octanol–water partition coefficient (Wildman–Crippen LogP) is 2.45. The predicted molar refractivity (Wildman–Crippen MR) is 85.9 cm³/mol. The standard InChI is InChI=1S/C15H20N4O2S/c1-10-13(11(2)21-17-10)9-22-14-5-4-6-19(15(14)20)12-7-16-18(3)8-12/h7-8,14H,4-6,9H2,1-3H3/t14-/m1/s1. The number of hydrogen-bond donors (Lipinski definition) is 0. The summed E-state index contributed by atoms with van der Waals surface area (Å²) in [7, 11) is 1.86. The second kappa shape index (κ2) is 6.16. The first-order valence-electron chi connectivity index (χ1n) is 7.39. The zero-order valence-electron chi connectivity index (χ0n) is 13.1. The molecule has 1 fully saturated rings. The molecule has 3 rings (SSSR count). The van der Waals surface area contributed by atoms with Gasteiger partial charge in [0.25, 0.3) is 0 Å². The molecule has 0 saturated carbocycles. The Morgan fingerprint density at radius 3 is 2.91 bits per heavy atom. The molecular weight excluding hydrogens is 300 g/mol. The van der Waals surface area contributed by atoms with Crippen LogP contribution in [0.2, 0.25) is 0 Å². The Hall–Kier alpha value is -1.76. The third-order valence-electron chi connectivity index (χ3n) is 4.00. The van der Waals surface area contributed by atoms with Crippen molar-refractivity contribution in [3.63, 3.8) is 0 Å². The van der Waals surface area contributed by atoms with Crippen LogP contribution in [0.1, 0.15) is 29.9 Å². The summed E-state index contributed by atoms with van der Waals surface area (Å²) in [6.45, 7) is 4.63. The average molecular weight is 320 g/mol. The van der Waals surface area contributed by atoms with E-state index in [2.05, 4.69) is 10.3 Å². The summed E-state index contributed by atoms with van der Waals surface area (Å²) in [6, 6.07) is 0. The Kier molecular flexibility index (Phi) is 4.24. The molecule has 1 aliphatic heterocycles. The summed E-state index contributed by atoms with van der Waals surface area (Å²) < 4.78 is 6.91. The highest BCUT2D eigenvalue weighted by molar-refractivity contribution is 7.99. The van der Waals surface area contributed by atoms with Crippen molar-refractivity contribution in [2.75, 3.05) is 11.4 Å². The molecule has 22 heavy (non-hydrogen) atoms. The van der Waals surface area contributed by atoms with E-state index in [1.165, 1.54) is 0 Å². The van der Waals surface area contributed by atoms with Crippen LogP contribution in [0.5, 0.6) is 0 Å². The Morgan fingerprint density at radius 2 is 2.27 bits per heavy atom. The number of amides is 1. The van der Waals surface area contributed by atoms with Crippen molar-refractivity contribution < 1.29 is 9.32 Å². The normalized spacial score (nSPS) is 19.0. The monoisotopic (exact) mass is 320 g/mol. The Bertz CT molecular complexity index is 659. The van der Waals surface area contributed by atoms with Crippen molar-refractivity contribution in [3.05, 3.63) is 29.4 Å². The lowest BCUT2D eigenvalue weighted by Crippen LogP contribution is -2.42. The minimum absolute atomic E-state index is 0.0114. The van der Waals surface area contributed by atoms with Gasteiger partial charge in [-0.05, 0) is 26.7 Å². The molecule has 0 aliphatic carbocycles. The van der Waals surface area contributed by atoms with Gasteiger partial charge < -0.3 is 9.42 Å². The van der Waals surface area contributed by atoms with Crippen LogP contribution in [0.3, 0.4) is 0 Å². The fraction of sp³-hybridized carbons (Fsp3) is 0.533. The SMILES string of the molecule is Cc1noc(C)c1CS[C@@H]1CCCN(c2cnn(C)c2)C1=O. The van der Waals surface area contributed by atoms with Gasteiger partial charge in [-0.25, -0.2) is 0 Å². The molecule has 7 heteroatoms. The molecule has 0 radical (unpaired) electrons. The smallest absolute Gasteiger partial charge is 0.240 e. The number of thioether (sulfide) groups is 1. The summed E-state index contributed by atoms with van der Waals surface area (Å²) in [4.78, 5) is 14.5. The first kappa shape index (κ1) is 15.1. The number of nitrogens with zero attached hydrogens (tertiary/aromatic N) is 4. The van der Waals surface area contributed by atoms with Crippen LogP contribution >= 0.6 is 11.8 Å². The van der Waals surface area contributed by atoms with Gasteiger partial charge in [0, 0.05) is 31.1 Å². The van der Waals surface area contributed by atoms with E-state index in [1.54, 1.807) is 22.6 Å². The van der Waals surface area contributed by atoms with Crippen molar-refractivity contribution in [2.45, 2.75) is 37.7 Å². The van der Waals surface area contributed by atoms with Crippen LogP contribution < -0.4 is 4.90 Å². The molecule has 0 aromatic carbocycles. The van der Waals surface area contributed by atoms with Crippen molar-refractivity contribution >= 4 is 23.4 Å². The van der Waals surface area contributed by atoms with Gasteiger partial charge in [0.1, 0.15) is 5.76 Å². The second-order valence-corrected chi connectivity index (χ2v) is 6.80. The van der Waals surface area contributed by atoms with Gasteiger partial charge in [-0.3, -0.25) is 9.48 Å². The van der Waals surface area contributed by atoms with E-state index < -0.39 is 0 Å². The van der Waals surface area contributed by atoms with E-state index in [0.29, 0.717) is 0 Å². The highest BCUT2D eigenvalue weighted by Crippen LogP contribution is 2.30. The van der Waals surface area contributed by atoms with Crippen molar-refractivity contribution in [3.8, 4) is 0 Å². The number of hydrogen-bond acceptors (Lipinski definition) is 5. The Balaban J connectivity index is 1.68. The van der Waals surface area contributed by atoms with Crippen molar-refractivity contribution in [1.29, 1.82) is 0 Å². The van der Waals surface area contributed by atoms with Crippen molar-refractivity contribution in [1.82, 2.24) is 14.9 Å². The van der Waals surface area contributed by atoms with Gasteiger partial charge in [-0.2, -0.15) is 5.10 Å². The quantitative estimate of drug-likeness (QED) is 0.866. The third kappa shape index (κ3) is 2.90. The van der Waals surface area contributed by atoms with Gasteiger partial charge >= 0.3 is 0 Å². The highest BCUT2D eigenvalue weighted by atomic mass is 32.2. The molecule has 2 aromatic rings. The van der Waals surface area contributed by atoms with Crippen LogP contribution in [0.4, 0.5) is 5.69 Å². The zero-order chi connectivity index (χ0) is 15.7. The molecule has 2 aromatic heterocycles. The van der Waals surface area contributed by atoms with Crippen LogP contribution in [0, 0.1) is 13.8 Å². The van der Waals surface area contributed by atoms with Crippen LogP contribution in [0.15, 0.2) is 16.9 Å². The fourth-order valence-electron chi connectivity index (χ4n) is 2.69. The molecule has 1 saturated heterocycles. The average Bonchev–Trinajstić information content (AvgIpc) is 3.05. The largest absolute Gasteiger partial charge is 0.361 e. The maximum Gasteiger partial charge on any atom is 0.240 e. The summed E-state index contributed by atoms with van der Waals surface area (Å²) >= 11 is 1.68. The van der Waals surface area contributed by atoms with E-state index in [0.717, 1.165) is 47.8 Å². The maximum atomic E-state index is 12.7. The summed E-state index contributed by atoms with van der Waals surface area (Å²) in [5.41, 5.74) is 2.91. The van der Waals surface area contributed by atoms with Crippen LogP contribution in [-0.4, -0.2) is 32.6 Å². The fourth-order valence-corrected chi connectivity index (χ4v) is 4.08. The highest BCUT2D eigenvalue weighted by Gasteiger charge is 2.31. The van der Waals surface area contributed by atoms with Crippen molar-refractivity contribution in [2.24, 2.45) is 7.05 Å². The van der Waals surface area contributed by atoms with E-state index >= 15 is 0 Å². The van der Waals surface area contributed by atoms with Gasteiger partial charge in [0.05, 0.1) is 22.8 Å². The molecule has 118 valence electrons. The number of carbonyl (C=O) groups is 1. The molecule has 6 nitrogen and oxygen atoms in total. The van der Waals surface area contributed by atoms with Gasteiger partial charge in [-0.15, -0.1) is 11.8 Å². The second-order valence-electron chi connectivity index (χ2n) is 5.61. The molecule has 1 aliphatic rings. The first-order chi connectivity index (χ1) is 10.6. The lowest BCUT2D eigenvalue weighted by molar-refractivity contribution is -0.119. The van der Waals surface area contributed by atoms with Crippen LogP contribution in [0.25, 0.3) is 0 Å². The summed E-state index contributed by atoms with van der Waals surface area (Å²) in [6.07, 6.45) is 5.57. The molecule has 0 N–H and O–H groups in total. The third-order valence-corrected chi connectivity index (χ3v) is 5.30.